The molecule has 0 saturated heterocycles. The first-order valence-corrected chi connectivity index (χ1v) is 9.64. The summed E-state index contributed by atoms with van der Waals surface area (Å²) >= 11 is 0. The molecule has 0 unspecified atom stereocenters. The Hall–Kier alpha value is -3.39. The lowest BCUT2D eigenvalue weighted by Crippen LogP contribution is -2.12. The number of hydrogen-bond donors (Lipinski definition) is 1. The molecule has 0 amide bonds. The zero-order valence-corrected chi connectivity index (χ0v) is 17.5. The van der Waals surface area contributed by atoms with Gasteiger partial charge in [-0.15, -0.1) is 0 Å². The number of esters is 1. The highest BCUT2D eigenvalue weighted by atomic mass is 16.6. The molecule has 0 spiro atoms. The molecular weight excluding hydrogens is 386 g/mol. The van der Waals surface area contributed by atoms with E-state index in [1.807, 2.05) is 30.5 Å². The van der Waals surface area contributed by atoms with E-state index in [0.29, 0.717) is 24.4 Å². The quantitative estimate of drug-likeness (QED) is 0.361. The van der Waals surface area contributed by atoms with Crippen LogP contribution in [-0.4, -0.2) is 46.2 Å². The number of nitro benzene ring substituents is 1. The molecule has 8 heteroatoms. The van der Waals surface area contributed by atoms with Crippen molar-refractivity contribution in [3.8, 4) is 11.4 Å². The Balaban J connectivity index is 2.30. The van der Waals surface area contributed by atoms with Crippen molar-refractivity contribution in [3.63, 3.8) is 0 Å². The number of nitrogens with zero attached hydrogens (tertiary/aromatic N) is 3. The zero-order chi connectivity index (χ0) is 22.0. The molecular formula is C22H25N3O5. The number of non-ortho nitro benzene ring substituents is 1. The lowest BCUT2D eigenvalue weighted by atomic mass is 10.0. The Kier molecular flexibility index (Phi) is 6.07. The van der Waals surface area contributed by atoms with Gasteiger partial charge in [0, 0.05) is 41.0 Å². The number of phenolic OH excluding ortho intramolecular Hbond substituents is 1. The predicted octanol–water partition coefficient (Wildman–Crippen LogP) is 3.72. The third-order valence-corrected chi connectivity index (χ3v) is 5.00. The van der Waals surface area contributed by atoms with Crippen molar-refractivity contribution in [3.05, 3.63) is 63.3 Å². The fourth-order valence-electron chi connectivity index (χ4n) is 3.72. The molecule has 3 aromatic rings. The molecule has 3 rings (SSSR count). The molecule has 0 aliphatic heterocycles. The first-order chi connectivity index (χ1) is 14.2. The Morgan fingerprint density at radius 1 is 1.17 bits per heavy atom. The van der Waals surface area contributed by atoms with E-state index < -0.39 is 4.92 Å². The van der Waals surface area contributed by atoms with Crippen LogP contribution in [0.3, 0.4) is 0 Å². The van der Waals surface area contributed by atoms with Gasteiger partial charge in [-0.1, -0.05) is 0 Å². The van der Waals surface area contributed by atoms with Crippen LogP contribution in [0.4, 0.5) is 5.69 Å². The molecule has 0 radical (unpaired) electrons. The first kappa shape index (κ1) is 21.3. The molecule has 0 saturated carbocycles. The van der Waals surface area contributed by atoms with Crippen molar-refractivity contribution in [2.24, 2.45) is 0 Å². The van der Waals surface area contributed by atoms with E-state index in [-0.39, 0.29) is 23.8 Å². The number of aromatic hydroxyl groups is 1. The lowest BCUT2D eigenvalue weighted by molar-refractivity contribution is -0.384. The Morgan fingerprint density at radius 2 is 1.83 bits per heavy atom. The number of ether oxygens (including phenoxy) is 1. The lowest BCUT2D eigenvalue weighted by Gasteiger charge is -2.16. The van der Waals surface area contributed by atoms with Gasteiger partial charge < -0.3 is 19.3 Å². The second-order valence-corrected chi connectivity index (χ2v) is 7.35. The van der Waals surface area contributed by atoms with Gasteiger partial charge in [0.2, 0.25) is 0 Å². The minimum Gasteiger partial charge on any atom is -0.508 e. The number of hydrogen-bond acceptors (Lipinski definition) is 6. The molecule has 0 fully saturated rings. The smallest absolute Gasteiger partial charge is 0.310 e. The molecule has 1 N–H and O–H groups in total. The van der Waals surface area contributed by atoms with Crippen molar-refractivity contribution in [1.29, 1.82) is 0 Å². The molecule has 2 aromatic carbocycles. The van der Waals surface area contributed by atoms with Gasteiger partial charge in [0.15, 0.2) is 0 Å². The van der Waals surface area contributed by atoms with Crippen molar-refractivity contribution < 1.29 is 19.6 Å². The van der Waals surface area contributed by atoms with Crippen LogP contribution in [0, 0.1) is 17.0 Å². The normalized spacial score (nSPS) is 11.2. The van der Waals surface area contributed by atoms with Gasteiger partial charge in [-0.25, -0.2) is 0 Å². The number of carbonyl (C=O) groups excluding carboxylic acids is 1. The number of aromatic nitrogens is 1. The summed E-state index contributed by atoms with van der Waals surface area (Å²) in [5.74, 6) is -0.176. The highest BCUT2D eigenvalue weighted by molar-refractivity contribution is 5.94. The number of fused-ring (bicyclic) bond motifs is 1. The third kappa shape index (κ3) is 3.99. The fraction of sp³-hybridized carbons (Fsp3) is 0.318. The van der Waals surface area contributed by atoms with E-state index in [1.165, 1.54) is 12.1 Å². The number of carbonyl (C=O) groups is 1. The van der Waals surface area contributed by atoms with Crippen LogP contribution in [-0.2, 0) is 22.5 Å². The summed E-state index contributed by atoms with van der Waals surface area (Å²) in [7, 11) is 3.81. The molecule has 0 aliphatic rings. The first-order valence-electron chi connectivity index (χ1n) is 9.64. The summed E-state index contributed by atoms with van der Waals surface area (Å²) in [5.41, 5.74) is 3.82. The van der Waals surface area contributed by atoms with E-state index in [4.69, 9.17) is 4.74 Å². The molecule has 0 bridgehead atoms. The van der Waals surface area contributed by atoms with Gasteiger partial charge in [0.1, 0.15) is 5.75 Å². The molecule has 0 atom stereocenters. The summed E-state index contributed by atoms with van der Waals surface area (Å²) < 4.78 is 7.08. The van der Waals surface area contributed by atoms with Crippen molar-refractivity contribution in [2.75, 3.05) is 20.7 Å². The highest BCUT2D eigenvalue weighted by Gasteiger charge is 2.23. The number of nitro groups is 1. The zero-order valence-electron chi connectivity index (χ0n) is 17.5. The van der Waals surface area contributed by atoms with Crippen molar-refractivity contribution in [2.45, 2.75) is 26.8 Å². The molecule has 1 aromatic heterocycles. The van der Waals surface area contributed by atoms with Gasteiger partial charge >= 0.3 is 5.97 Å². The molecule has 0 aliphatic carbocycles. The maximum absolute atomic E-state index is 12.2. The van der Waals surface area contributed by atoms with Gasteiger partial charge in [0.05, 0.1) is 23.5 Å². The number of rotatable bonds is 7. The van der Waals surface area contributed by atoms with E-state index in [1.54, 1.807) is 31.2 Å². The fourth-order valence-corrected chi connectivity index (χ4v) is 3.72. The van der Waals surface area contributed by atoms with Crippen molar-refractivity contribution in [1.82, 2.24) is 9.47 Å². The average Bonchev–Trinajstić information content (AvgIpc) is 2.96. The van der Waals surface area contributed by atoms with Crippen LogP contribution in [0.5, 0.6) is 5.75 Å². The van der Waals surface area contributed by atoms with Crippen molar-refractivity contribution >= 4 is 22.6 Å². The van der Waals surface area contributed by atoms with Crippen LogP contribution >= 0.6 is 0 Å². The maximum Gasteiger partial charge on any atom is 0.310 e. The van der Waals surface area contributed by atoms with Crippen LogP contribution in [0.15, 0.2) is 36.4 Å². The summed E-state index contributed by atoms with van der Waals surface area (Å²) in [6.07, 6.45) is 0.0995. The van der Waals surface area contributed by atoms with E-state index in [9.17, 15) is 20.0 Å². The van der Waals surface area contributed by atoms with E-state index in [2.05, 4.69) is 0 Å². The van der Waals surface area contributed by atoms with Crippen LogP contribution in [0.1, 0.15) is 23.7 Å². The SMILES string of the molecule is CCOC(=O)Cc1c(C)n(-c2ccc([N+](=O)[O-])cc2)c2c(CN(C)C)c(O)ccc12. The Morgan fingerprint density at radius 3 is 2.40 bits per heavy atom. The Bertz CT molecular complexity index is 1100. The Labute approximate surface area is 174 Å². The molecule has 158 valence electrons. The summed E-state index contributed by atoms with van der Waals surface area (Å²) in [6, 6.07) is 9.66. The van der Waals surface area contributed by atoms with Gasteiger partial charge in [0.25, 0.3) is 5.69 Å². The summed E-state index contributed by atoms with van der Waals surface area (Å²) in [4.78, 5) is 24.8. The standard InChI is InChI=1S/C22H25N3O5/c1-5-30-21(27)12-18-14(2)24(15-6-8-16(9-7-15)25(28)29)22-17(18)10-11-20(26)19(22)13-23(3)4/h6-11,26H,5,12-13H2,1-4H3. The van der Waals surface area contributed by atoms with Crippen LogP contribution in [0.25, 0.3) is 16.6 Å². The van der Waals surface area contributed by atoms with E-state index >= 15 is 0 Å². The summed E-state index contributed by atoms with van der Waals surface area (Å²) in [6.45, 7) is 4.44. The second-order valence-electron chi connectivity index (χ2n) is 7.35. The molecule has 1 heterocycles. The highest BCUT2D eigenvalue weighted by Crippen LogP contribution is 2.36. The monoisotopic (exact) mass is 411 g/mol. The summed E-state index contributed by atoms with van der Waals surface area (Å²) in [5, 5.41) is 22.5. The maximum atomic E-state index is 12.2. The number of phenols is 1. The van der Waals surface area contributed by atoms with Gasteiger partial charge in [-0.3, -0.25) is 14.9 Å². The number of benzene rings is 2. The molecule has 30 heavy (non-hydrogen) atoms. The van der Waals surface area contributed by atoms with E-state index in [0.717, 1.165) is 22.2 Å². The topological polar surface area (TPSA) is 97.8 Å². The van der Waals surface area contributed by atoms with Crippen LogP contribution < -0.4 is 0 Å². The third-order valence-electron chi connectivity index (χ3n) is 5.00. The average molecular weight is 411 g/mol. The largest absolute Gasteiger partial charge is 0.508 e. The minimum atomic E-state index is -0.445. The van der Waals surface area contributed by atoms with Gasteiger partial charge in [-0.05, 0) is 57.8 Å². The minimum absolute atomic E-state index is 0.00373. The van der Waals surface area contributed by atoms with Crippen LogP contribution in [0.2, 0.25) is 0 Å². The molecule has 8 nitrogen and oxygen atoms in total. The van der Waals surface area contributed by atoms with Gasteiger partial charge in [-0.2, -0.15) is 0 Å². The predicted molar refractivity (Wildman–Crippen MR) is 114 cm³/mol. The second kappa shape index (κ2) is 8.54.